The van der Waals surface area contributed by atoms with Gasteiger partial charge in [0.2, 0.25) is 9.84 Å². The highest BCUT2D eigenvalue weighted by Crippen LogP contribution is 2.54. The molecule has 192 valence electrons. The minimum Gasteiger partial charge on any atom is -0.465 e. The summed E-state index contributed by atoms with van der Waals surface area (Å²) in [7, 11) is -3.98. The summed E-state index contributed by atoms with van der Waals surface area (Å²) in [6, 6.07) is 9.01. The Hall–Kier alpha value is -3.86. The molecule has 3 aromatic rings. The Bertz CT molecular complexity index is 1500. The number of halogens is 1. The first kappa shape index (κ1) is 24.8. The highest BCUT2D eigenvalue weighted by molar-refractivity contribution is 7.92. The molecule has 9 nitrogen and oxygen atoms in total. The monoisotopic (exact) mass is 524 g/mol. The summed E-state index contributed by atoms with van der Waals surface area (Å²) in [5, 5.41) is 7.10. The lowest BCUT2D eigenvalue weighted by Gasteiger charge is -2.12. The van der Waals surface area contributed by atoms with Crippen LogP contribution in [0.4, 0.5) is 4.39 Å². The molecule has 0 radical (unpaired) electrons. The van der Waals surface area contributed by atoms with Crippen molar-refractivity contribution in [1.29, 1.82) is 0 Å². The average molecular weight is 525 g/mol. The van der Waals surface area contributed by atoms with Gasteiger partial charge in [0.1, 0.15) is 5.82 Å². The molecule has 2 aliphatic carbocycles. The standard InChI is InChI=1S/C26H25FN4O5S/c1-2-36-24(32)15-37(34,35)23-11-16(9-10-28-23)13-29-26(33)20-8-3-17-12-21(17)25-22(20)14-30-31(25)19-6-4-18(27)5-7-19/h4-11,14,17,21H,2-3,12-13,15H2,1H3,(H,29,33). The molecule has 0 saturated heterocycles. The minimum atomic E-state index is -3.98. The smallest absolute Gasteiger partial charge is 0.321 e. The number of amides is 1. The zero-order valence-corrected chi connectivity index (χ0v) is 20.9. The molecule has 2 heterocycles. The molecule has 1 N–H and O–H groups in total. The van der Waals surface area contributed by atoms with E-state index in [1.54, 1.807) is 36.0 Å². The normalized spacial score (nSPS) is 18.2. The number of hydrogen-bond donors (Lipinski definition) is 1. The average Bonchev–Trinajstić information content (AvgIpc) is 3.54. The van der Waals surface area contributed by atoms with Crippen LogP contribution >= 0.6 is 0 Å². The van der Waals surface area contributed by atoms with Gasteiger partial charge >= 0.3 is 5.97 Å². The number of rotatable bonds is 8. The van der Waals surface area contributed by atoms with Gasteiger partial charge in [-0.15, -0.1) is 0 Å². The summed E-state index contributed by atoms with van der Waals surface area (Å²) in [5.41, 5.74) is 3.42. The fourth-order valence-corrected chi connectivity index (χ4v) is 5.68. The summed E-state index contributed by atoms with van der Waals surface area (Å²) < 4.78 is 45.0. The van der Waals surface area contributed by atoms with E-state index in [1.807, 2.05) is 6.08 Å². The molecule has 1 saturated carbocycles. The number of benzene rings is 1. The van der Waals surface area contributed by atoms with Crippen LogP contribution in [0, 0.1) is 11.7 Å². The first-order chi connectivity index (χ1) is 17.8. The highest BCUT2D eigenvalue weighted by Gasteiger charge is 2.44. The Balaban J connectivity index is 1.33. The van der Waals surface area contributed by atoms with E-state index >= 15 is 0 Å². The van der Waals surface area contributed by atoms with E-state index in [9.17, 15) is 22.4 Å². The van der Waals surface area contributed by atoms with E-state index in [0.717, 1.165) is 29.8 Å². The minimum absolute atomic E-state index is 0.0644. The first-order valence-corrected chi connectivity index (χ1v) is 13.6. The maximum atomic E-state index is 13.4. The van der Waals surface area contributed by atoms with Crippen molar-refractivity contribution in [2.45, 2.75) is 37.3 Å². The molecule has 2 atom stereocenters. The number of allylic oxidation sites excluding steroid dienone is 1. The Morgan fingerprint density at radius 2 is 2.00 bits per heavy atom. The van der Waals surface area contributed by atoms with Crippen LogP contribution in [0.5, 0.6) is 0 Å². The van der Waals surface area contributed by atoms with Crippen molar-refractivity contribution in [3.05, 3.63) is 77.5 Å². The second-order valence-electron chi connectivity index (χ2n) is 9.04. The number of hydrogen-bond acceptors (Lipinski definition) is 7. The zero-order valence-electron chi connectivity index (χ0n) is 20.1. The van der Waals surface area contributed by atoms with Gasteiger partial charge in [-0.3, -0.25) is 9.59 Å². The predicted octanol–water partition coefficient (Wildman–Crippen LogP) is 2.95. The molecular formula is C26H25FN4O5S. The Kier molecular flexibility index (Phi) is 6.63. The Morgan fingerprint density at radius 3 is 2.76 bits per heavy atom. The van der Waals surface area contributed by atoms with E-state index in [4.69, 9.17) is 4.74 Å². The van der Waals surface area contributed by atoms with E-state index in [2.05, 4.69) is 15.4 Å². The van der Waals surface area contributed by atoms with Crippen LogP contribution < -0.4 is 5.32 Å². The van der Waals surface area contributed by atoms with Gasteiger partial charge in [0.25, 0.3) is 5.91 Å². The maximum absolute atomic E-state index is 13.4. The van der Waals surface area contributed by atoms with Gasteiger partial charge in [-0.05, 0) is 67.6 Å². The van der Waals surface area contributed by atoms with Crippen LogP contribution in [0.3, 0.4) is 0 Å². The number of ether oxygens (including phenoxy) is 1. The quantitative estimate of drug-likeness (QED) is 0.450. The Morgan fingerprint density at radius 1 is 1.22 bits per heavy atom. The van der Waals surface area contributed by atoms with Crippen molar-refractivity contribution in [2.24, 2.45) is 5.92 Å². The van der Waals surface area contributed by atoms with E-state index < -0.39 is 21.6 Å². The number of carbonyl (C=O) groups excluding carboxylic acids is 2. The van der Waals surface area contributed by atoms with Crippen molar-refractivity contribution < 1.29 is 27.1 Å². The lowest BCUT2D eigenvalue weighted by Crippen LogP contribution is -2.24. The third-order valence-electron chi connectivity index (χ3n) is 6.50. The van der Waals surface area contributed by atoms with E-state index in [-0.39, 0.29) is 35.8 Å². The molecule has 1 aromatic carbocycles. The van der Waals surface area contributed by atoms with Gasteiger partial charge in [-0.25, -0.2) is 22.5 Å². The fraction of sp³-hybridized carbons (Fsp3) is 0.308. The van der Waals surface area contributed by atoms with Crippen LogP contribution in [-0.2, 0) is 30.7 Å². The van der Waals surface area contributed by atoms with Crippen LogP contribution in [0.25, 0.3) is 11.3 Å². The topological polar surface area (TPSA) is 120 Å². The molecule has 0 bridgehead atoms. The van der Waals surface area contributed by atoms with Crippen molar-refractivity contribution >= 4 is 27.3 Å². The molecule has 11 heteroatoms. The van der Waals surface area contributed by atoms with Gasteiger partial charge < -0.3 is 10.1 Å². The summed E-state index contributed by atoms with van der Waals surface area (Å²) >= 11 is 0. The number of carbonyl (C=O) groups is 2. The molecule has 2 aromatic heterocycles. The summed E-state index contributed by atoms with van der Waals surface area (Å²) in [5.74, 6) is -1.60. The van der Waals surface area contributed by atoms with Crippen molar-refractivity contribution in [3.8, 4) is 5.69 Å². The largest absolute Gasteiger partial charge is 0.465 e. The zero-order chi connectivity index (χ0) is 26.2. The number of nitrogens with one attached hydrogen (secondary N) is 1. The van der Waals surface area contributed by atoms with Gasteiger partial charge in [-0.1, -0.05) is 6.08 Å². The predicted molar refractivity (Wildman–Crippen MR) is 132 cm³/mol. The maximum Gasteiger partial charge on any atom is 0.321 e. The summed E-state index contributed by atoms with van der Waals surface area (Å²) in [4.78, 5) is 28.8. The van der Waals surface area contributed by atoms with Gasteiger partial charge in [0.15, 0.2) is 10.8 Å². The fourth-order valence-electron chi connectivity index (χ4n) is 4.59. The van der Waals surface area contributed by atoms with Crippen molar-refractivity contribution in [3.63, 3.8) is 0 Å². The molecule has 0 aliphatic heterocycles. The van der Waals surface area contributed by atoms with Crippen LogP contribution in [0.15, 0.2) is 59.9 Å². The third-order valence-corrected chi connectivity index (χ3v) is 7.97. The van der Waals surface area contributed by atoms with Crippen LogP contribution in [0.1, 0.15) is 42.5 Å². The number of nitrogens with zero attached hydrogens (tertiary/aromatic N) is 3. The second kappa shape index (κ2) is 9.89. The number of aromatic nitrogens is 3. The highest BCUT2D eigenvalue weighted by atomic mass is 32.2. The second-order valence-corrected chi connectivity index (χ2v) is 11.0. The van der Waals surface area contributed by atoms with Gasteiger partial charge in [-0.2, -0.15) is 5.10 Å². The molecule has 0 spiro atoms. The lowest BCUT2D eigenvalue weighted by atomic mass is 10.0. The molecule has 2 unspecified atom stereocenters. The number of sulfone groups is 1. The van der Waals surface area contributed by atoms with Crippen molar-refractivity contribution in [2.75, 3.05) is 12.4 Å². The van der Waals surface area contributed by atoms with Crippen LogP contribution in [-0.4, -0.2) is 47.4 Å². The molecular weight excluding hydrogens is 499 g/mol. The SMILES string of the molecule is CCOC(=O)CS(=O)(=O)c1cc(CNC(=O)C2=CCC3CC3c3c2cnn3-c2ccc(F)cc2)ccn1. The first-order valence-electron chi connectivity index (χ1n) is 11.9. The molecule has 5 rings (SSSR count). The number of esters is 1. The summed E-state index contributed by atoms with van der Waals surface area (Å²) in [6.45, 7) is 1.74. The number of fused-ring (bicyclic) bond motifs is 3. The van der Waals surface area contributed by atoms with Gasteiger partial charge in [0, 0.05) is 29.8 Å². The lowest BCUT2D eigenvalue weighted by molar-refractivity contribution is -0.140. The molecule has 1 amide bonds. The van der Waals surface area contributed by atoms with Crippen LogP contribution in [0.2, 0.25) is 0 Å². The van der Waals surface area contributed by atoms with Crippen molar-refractivity contribution in [1.82, 2.24) is 20.1 Å². The number of pyridine rings is 1. The third kappa shape index (κ3) is 5.17. The van der Waals surface area contributed by atoms with E-state index in [1.165, 1.54) is 24.4 Å². The summed E-state index contributed by atoms with van der Waals surface area (Å²) in [6.07, 6.45) is 6.67. The Labute approximate surface area is 213 Å². The van der Waals surface area contributed by atoms with Gasteiger partial charge in [0.05, 0.1) is 24.2 Å². The molecule has 37 heavy (non-hydrogen) atoms. The molecule has 2 aliphatic rings. The van der Waals surface area contributed by atoms with E-state index in [0.29, 0.717) is 17.1 Å². The molecule has 1 fully saturated rings.